The van der Waals surface area contributed by atoms with Crippen molar-refractivity contribution in [3.05, 3.63) is 59.7 Å². The van der Waals surface area contributed by atoms with E-state index in [4.69, 9.17) is 9.84 Å². The lowest BCUT2D eigenvalue weighted by atomic mass is 10.0. The van der Waals surface area contributed by atoms with Crippen LogP contribution in [0.5, 0.6) is 0 Å². The zero-order valence-electron chi connectivity index (χ0n) is 21.3. The molecule has 2 rings (SSSR count). The Balaban J connectivity index is 2.13. The van der Waals surface area contributed by atoms with E-state index in [-0.39, 0.29) is 12.5 Å². The monoisotopic (exact) mass is 482 g/mol. The third-order valence-electron chi connectivity index (χ3n) is 5.98. The van der Waals surface area contributed by atoms with E-state index in [2.05, 4.69) is 36.5 Å². The highest BCUT2D eigenvalue weighted by atomic mass is 16.5. The van der Waals surface area contributed by atoms with Crippen LogP contribution < -0.4 is 5.32 Å². The standard InChI is InChI=1S/C28H38N2O5/c1-5-7-9-21-10-12-22(13-11-21)23-14-16-24(17-15-23)27(32)30(4)25(19-35-18-8-6-2)26(31)29-20(3)28(33)34/h10-17,20,25H,5-9,18-19H2,1-4H3,(H,29,31)(H,33,34)/t20-,25-/m1/s1. The zero-order chi connectivity index (χ0) is 25.8. The van der Waals surface area contributed by atoms with Gasteiger partial charge in [-0.25, -0.2) is 0 Å². The highest BCUT2D eigenvalue weighted by Crippen LogP contribution is 2.22. The molecule has 7 nitrogen and oxygen atoms in total. The van der Waals surface area contributed by atoms with E-state index in [1.54, 1.807) is 12.1 Å². The molecule has 0 aliphatic heterocycles. The molecule has 0 spiro atoms. The van der Waals surface area contributed by atoms with Crippen LogP contribution in [0.4, 0.5) is 0 Å². The smallest absolute Gasteiger partial charge is 0.325 e. The Labute approximate surface area is 208 Å². The molecule has 0 aliphatic carbocycles. The minimum Gasteiger partial charge on any atom is -0.480 e. The normalized spacial score (nSPS) is 12.6. The number of amides is 2. The molecular weight excluding hydrogens is 444 g/mol. The second kappa shape index (κ2) is 14.3. The molecule has 35 heavy (non-hydrogen) atoms. The average Bonchev–Trinajstić information content (AvgIpc) is 2.87. The first-order chi connectivity index (χ1) is 16.8. The fourth-order valence-electron chi connectivity index (χ4n) is 3.57. The summed E-state index contributed by atoms with van der Waals surface area (Å²) in [6.07, 6.45) is 5.17. The summed E-state index contributed by atoms with van der Waals surface area (Å²) >= 11 is 0. The summed E-state index contributed by atoms with van der Waals surface area (Å²) in [6, 6.07) is 13.7. The Morgan fingerprint density at radius 3 is 2.06 bits per heavy atom. The molecule has 0 fully saturated rings. The molecule has 2 aromatic carbocycles. The number of rotatable bonds is 14. The summed E-state index contributed by atoms with van der Waals surface area (Å²) in [5.74, 6) is -2.05. The van der Waals surface area contributed by atoms with Crippen LogP contribution in [0.1, 0.15) is 62.4 Å². The van der Waals surface area contributed by atoms with Gasteiger partial charge >= 0.3 is 5.97 Å². The van der Waals surface area contributed by atoms with Gasteiger partial charge in [0.15, 0.2) is 0 Å². The highest BCUT2D eigenvalue weighted by Gasteiger charge is 2.30. The molecule has 2 N–H and O–H groups in total. The molecule has 190 valence electrons. The minimum absolute atomic E-state index is 0.0110. The topological polar surface area (TPSA) is 95.9 Å². The first-order valence-electron chi connectivity index (χ1n) is 12.4. The SMILES string of the molecule is CCCCOC[C@H](C(=O)N[C@H](C)C(=O)O)N(C)C(=O)c1ccc(-c2ccc(CCCC)cc2)cc1. The van der Waals surface area contributed by atoms with Crippen molar-refractivity contribution in [2.24, 2.45) is 0 Å². The number of aliphatic carboxylic acids is 1. The van der Waals surface area contributed by atoms with Gasteiger partial charge in [-0.1, -0.05) is 63.1 Å². The van der Waals surface area contributed by atoms with Gasteiger partial charge < -0.3 is 20.1 Å². The van der Waals surface area contributed by atoms with Gasteiger partial charge in [0, 0.05) is 19.2 Å². The number of carboxylic acid groups (broad SMARTS) is 1. The Morgan fingerprint density at radius 1 is 0.943 bits per heavy atom. The predicted molar refractivity (Wildman–Crippen MR) is 137 cm³/mol. The fourth-order valence-corrected chi connectivity index (χ4v) is 3.57. The Kier molecular flexibility index (Phi) is 11.4. The van der Waals surface area contributed by atoms with Crippen LogP contribution in [0.25, 0.3) is 11.1 Å². The molecular formula is C28H38N2O5. The number of nitrogens with zero attached hydrogens (tertiary/aromatic N) is 1. The number of ether oxygens (including phenoxy) is 1. The van der Waals surface area contributed by atoms with Crippen LogP contribution >= 0.6 is 0 Å². The van der Waals surface area contributed by atoms with Crippen LogP contribution in [0.15, 0.2) is 48.5 Å². The van der Waals surface area contributed by atoms with Gasteiger partial charge in [0.1, 0.15) is 12.1 Å². The number of hydrogen-bond donors (Lipinski definition) is 2. The third kappa shape index (κ3) is 8.51. The predicted octanol–water partition coefficient (Wildman–Crippen LogP) is 4.54. The number of nitrogens with one attached hydrogen (secondary N) is 1. The van der Waals surface area contributed by atoms with Gasteiger partial charge in [0.05, 0.1) is 6.61 Å². The van der Waals surface area contributed by atoms with Crippen molar-refractivity contribution in [3.63, 3.8) is 0 Å². The van der Waals surface area contributed by atoms with Gasteiger partial charge in [-0.05, 0) is 55.0 Å². The van der Waals surface area contributed by atoms with Gasteiger partial charge in [-0.15, -0.1) is 0 Å². The van der Waals surface area contributed by atoms with Crippen molar-refractivity contribution in [2.75, 3.05) is 20.3 Å². The van der Waals surface area contributed by atoms with Crippen molar-refractivity contribution >= 4 is 17.8 Å². The van der Waals surface area contributed by atoms with Crippen molar-refractivity contribution in [3.8, 4) is 11.1 Å². The Bertz CT molecular complexity index is 956. The van der Waals surface area contributed by atoms with Crippen molar-refractivity contribution in [1.29, 1.82) is 0 Å². The molecule has 0 heterocycles. The van der Waals surface area contributed by atoms with E-state index in [1.807, 2.05) is 19.1 Å². The maximum Gasteiger partial charge on any atom is 0.325 e. The van der Waals surface area contributed by atoms with E-state index in [1.165, 1.54) is 30.9 Å². The average molecular weight is 483 g/mol. The number of benzene rings is 2. The van der Waals surface area contributed by atoms with Gasteiger partial charge in [0.2, 0.25) is 5.91 Å². The molecule has 0 radical (unpaired) electrons. The number of carbonyl (C=O) groups excluding carboxylic acids is 2. The summed E-state index contributed by atoms with van der Waals surface area (Å²) in [7, 11) is 1.53. The van der Waals surface area contributed by atoms with Crippen LogP contribution in [-0.2, 0) is 20.7 Å². The van der Waals surface area contributed by atoms with Crippen molar-refractivity contribution in [1.82, 2.24) is 10.2 Å². The number of hydrogen-bond acceptors (Lipinski definition) is 4. The van der Waals surface area contributed by atoms with Crippen LogP contribution in [0, 0.1) is 0 Å². The van der Waals surface area contributed by atoms with E-state index in [9.17, 15) is 14.4 Å². The number of aryl methyl sites for hydroxylation is 1. The molecule has 0 bridgehead atoms. The first-order valence-corrected chi connectivity index (χ1v) is 12.4. The zero-order valence-corrected chi connectivity index (χ0v) is 21.3. The molecule has 0 unspecified atom stereocenters. The minimum atomic E-state index is -1.15. The lowest BCUT2D eigenvalue weighted by Gasteiger charge is -2.28. The molecule has 2 amide bonds. The molecule has 7 heteroatoms. The van der Waals surface area contributed by atoms with Gasteiger partial charge in [-0.2, -0.15) is 0 Å². The molecule has 0 aliphatic rings. The third-order valence-corrected chi connectivity index (χ3v) is 5.98. The number of carbonyl (C=O) groups is 3. The maximum atomic E-state index is 13.2. The molecule has 0 saturated carbocycles. The number of likely N-dealkylation sites (N-methyl/N-ethyl adjacent to an activating group) is 1. The van der Waals surface area contributed by atoms with Crippen molar-refractivity contribution < 1.29 is 24.2 Å². The molecule has 0 aromatic heterocycles. The van der Waals surface area contributed by atoms with E-state index in [0.717, 1.165) is 36.8 Å². The number of unbranched alkanes of at least 4 members (excludes halogenated alkanes) is 2. The molecule has 0 saturated heterocycles. The second-order valence-corrected chi connectivity index (χ2v) is 8.81. The van der Waals surface area contributed by atoms with E-state index >= 15 is 0 Å². The summed E-state index contributed by atoms with van der Waals surface area (Å²) in [4.78, 5) is 38.4. The Hall–Kier alpha value is -3.19. The maximum absolute atomic E-state index is 13.2. The van der Waals surface area contributed by atoms with Crippen LogP contribution in [0.2, 0.25) is 0 Å². The first kappa shape index (κ1) is 28.1. The van der Waals surface area contributed by atoms with E-state index < -0.39 is 24.0 Å². The molecule has 2 aromatic rings. The summed E-state index contributed by atoms with van der Waals surface area (Å²) in [5.41, 5.74) is 3.82. The Morgan fingerprint density at radius 2 is 1.51 bits per heavy atom. The van der Waals surface area contributed by atoms with Crippen molar-refractivity contribution in [2.45, 2.75) is 65.0 Å². The second-order valence-electron chi connectivity index (χ2n) is 8.81. The van der Waals surface area contributed by atoms with Crippen LogP contribution in [-0.4, -0.2) is 60.1 Å². The lowest BCUT2D eigenvalue weighted by Crippen LogP contribution is -2.53. The lowest BCUT2D eigenvalue weighted by molar-refractivity contribution is -0.142. The summed E-state index contributed by atoms with van der Waals surface area (Å²) in [5, 5.41) is 11.6. The van der Waals surface area contributed by atoms with E-state index in [0.29, 0.717) is 12.2 Å². The fraction of sp³-hybridized carbons (Fsp3) is 0.464. The quantitative estimate of drug-likeness (QED) is 0.385. The highest BCUT2D eigenvalue weighted by molar-refractivity contribution is 5.98. The molecule has 2 atom stereocenters. The van der Waals surface area contributed by atoms with Gasteiger partial charge in [-0.3, -0.25) is 14.4 Å². The van der Waals surface area contributed by atoms with Crippen LogP contribution in [0.3, 0.4) is 0 Å². The summed E-state index contributed by atoms with van der Waals surface area (Å²) < 4.78 is 5.62. The largest absolute Gasteiger partial charge is 0.480 e. The van der Waals surface area contributed by atoms with Gasteiger partial charge in [0.25, 0.3) is 5.91 Å². The summed E-state index contributed by atoms with van der Waals surface area (Å²) in [6.45, 7) is 6.04. The number of carboxylic acids is 1.